The Morgan fingerprint density at radius 1 is 1.28 bits per heavy atom. The maximum atomic E-state index is 12.3. The summed E-state index contributed by atoms with van der Waals surface area (Å²) in [6.07, 6.45) is 1.83. The number of carbonyl (C=O) groups excluding carboxylic acids is 1. The zero-order valence-electron chi connectivity index (χ0n) is 14.0. The molecule has 140 valence electrons. The molecule has 0 aromatic heterocycles. The SMILES string of the molecule is CC(=O)Nc1ccc(S(=O)(=O)CCCN2CCCC2C(=O)O)cc1.Cl. The first-order valence-corrected chi connectivity index (χ1v) is 9.52. The number of carboxylic acid groups (broad SMARTS) is 1. The minimum Gasteiger partial charge on any atom is -0.480 e. The molecule has 1 aromatic carbocycles. The van der Waals surface area contributed by atoms with Gasteiger partial charge >= 0.3 is 5.97 Å². The Morgan fingerprint density at radius 2 is 1.92 bits per heavy atom. The number of nitrogens with one attached hydrogen (secondary N) is 1. The zero-order valence-corrected chi connectivity index (χ0v) is 15.6. The van der Waals surface area contributed by atoms with Crippen LogP contribution in [0.25, 0.3) is 0 Å². The molecule has 1 unspecified atom stereocenters. The molecule has 1 atom stereocenters. The molecule has 0 saturated carbocycles. The minimum atomic E-state index is -3.42. The summed E-state index contributed by atoms with van der Waals surface area (Å²) in [6, 6.07) is 5.54. The highest BCUT2D eigenvalue weighted by atomic mass is 35.5. The van der Waals surface area contributed by atoms with Crippen LogP contribution in [-0.4, -0.2) is 55.2 Å². The van der Waals surface area contributed by atoms with Crippen LogP contribution in [0.15, 0.2) is 29.2 Å². The number of hydrogen-bond donors (Lipinski definition) is 2. The molecule has 0 aliphatic carbocycles. The number of carboxylic acids is 1. The molecule has 7 nitrogen and oxygen atoms in total. The van der Waals surface area contributed by atoms with Crippen LogP contribution in [0.2, 0.25) is 0 Å². The van der Waals surface area contributed by atoms with Gasteiger partial charge in [0.2, 0.25) is 5.91 Å². The van der Waals surface area contributed by atoms with Gasteiger partial charge in [-0.25, -0.2) is 8.42 Å². The first-order valence-electron chi connectivity index (χ1n) is 7.87. The maximum Gasteiger partial charge on any atom is 0.320 e. The van der Waals surface area contributed by atoms with E-state index in [0.29, 0.717) is 31.6 Å². The number of nitrogens with zero attached hydrogens (tertiary/aromatic N) is 1. The third-order valence-corrected chi connectivity index (χ3v) is 5.86. The molecule has 1 saturated heterocycles. The van der Waals surface area contributed by atoms with Crippen molar-refractivity contribution in [2.24, 2.45) is 0 Å². The van der Waals surface area contributed by atoms with E-state index in [9.17, 15) is 18.0 Å². The lowest BCUT2D eigenvalue weighted by atomic mass is 10.2. The largest absolute Gasteiger partial charge is 0.480 e. The number of sulfone groups is 1. The maximum absolute atomic E-state index is 12.3. The van der Waals surface area contributed by atoms with Crippen LogP contribution in [0.1, 0.15) is 26.2 Å². The summed E-state index contributed by atoms with van der Waals surface area (Å²) in [7, 11) is -3.42. The molecule has 1 amide bonds. The van der Waals surface area contributed by atoms with E-state index in [1.54, 1.807) is 12.1 Å². The molecule has 1 fully saturated rings. The van der Waals surface area contributed by atoms with Crippen LogP contribution < -0.4 is 5.32 Å². The van der Waals surface area contributed by atoms with Gasteiger partial charge < -0.3 is 10.4 Å². The Balaban J connectivity index is 0.00000312. The smallest absolute Gasteiger partial charge is 0.320 e. The molecule has 2 rings (SSSR count). The number of benzene rings is 1. The topological polar surface area (TPSA) is 104 Å². The van der Waals surface area contributed by atoms with E-state index in [0.717, 1.165) is 6.42 Å². The number of rotatable bonds is 7. The Hall–Kier alpha value is -1.64. The fourth-order valence-corrected chi connectivity index (χ4v) is 4.19. The lowest BCUT2D eigenvalue weighted by molar-refractivity contribution is -0.142. The van der Waals surface area contributed by atoms with Crippen LogP contribution in [-0.2, 0) is 19.4 Å². The van der Waals surface area contributed by atoms with E-state index in [2.05, 4.69) is 5.32 Å². The van der Waals surface area contributed by atoms with Gasteiger partial charge in [-0.05, 0) is 56.6 Å². The molecule has 2 N–H and O–H groups in total. The number of carbonyl (C=O) groups is 2. The van der Waals surface area contributed by atoms with Gasteiger partial charge in [0.25, 0.3) is 0 Å². The number of hydrogen-bond acceptors (Lipinski definition) is 5. The quantitative estimate of drug-likeness (QED) is 0.735. The summed E-state index contributed by atoms with van der Waals surface area (Å²) in [5.74, 6) is -1.09. The van der Waals surface area contributed by atoms with Gasteiger partial charge in [-0.1, -0.05) is 0 Å². The highest BCUT2D eigenvalue weighted by Crippen LogP contribution is 2.19. The predicted molar refractivity (Wildman–Crippen MR) is 96.9 cm³/mol. The van der Waals surface area contributed by atoms with Crippen LogP contribution in [0.5, 0.6) is 0 Å². The van der Waals surface area contributed by atoms with Gasteiger partial charge in [-0.2, -0.15) is 0 Å². The first-order chi connectivity index (χ1) is 11.3. The van der Waals surface area contributed by atoms with Gasteiger partial charge in [0.15, 0.2) is 9.84 Å². The second-order valence-electron chi connectivity index (χ2n) is 5.91. The molecule has 1 aromatic rings. The van der Waals surface area contributed by atoms with E-state index in [-0.39, 0.29) is 29.0 Å². The van der Waals surface area contributed by atoms with Gasteiger partial charge in [0, 0.05) is 12.6 Å². The Morgan fingerprint density at radius 3 is 2.48 bits per heavy atom. The number of amides is 1. The fraction of sp³-hybridized carbons (Fsp3) is 0.500. The molecule has 0 bridgehead atoms. The Kier molecular flexibility index (Phi) is 7.85. The third-order valence-electron chi connectivity index (χ3n) is 4.04. The molecule has 1 aliphatic rings. The minimum absolute atomic E-state index is 0. The molecule has 25 heavy (non-hydrogen) atoms. The van der Waals surface area contributed by atoms with Gasteiger partial charge in [-0.3, -0.25) is 14.5 Å². The predicted octanol–water partition coefficient (Wildman–Crippen LogP) is 1.78. The second-order valence-corrected chi connectivity index (χ2v) is 8.02. The van der Waals surface area contributed by atoms with Gasteiger partial charge in [0.1, 0.15) is 6.04 Å². The molecule has 0 radical (unpaired) electrons. The number of likely N-dealkylation sites (tertiary alicyclic amines) is 1. The summed E-state index contributed by atoms with van der Waals surface area (Å²) >= 11 is 0. The van der Waals surface area contributed by atoms with Crippen molar-refractivity contribution in [3.63, 3.8) is 0 Å². The van der Waals surface area contributed by atoms with Crippen molar-refractivity contribution in [3.8, 4) is 0 Å². The third kappa shape index (κ3) is 5.98. The monoisotopic (exact) mass is 390 g/mol. The molecule has 1 aliphatic heterocycles. The standard InChI is InChI=1S/C16H22N2O5S.ClH/c1-12(19)17-13-5-7-14(8-6-13)24(22,23)11-3-10-18-9-2-4-15(18)16(20)21;/h5-8,15H,2-4,9-11H2,1H3,(H,17,19)(H,20,21);1H. The van der Waals surface area contributed by atoms with E-state index >= 15 is 0 Å². The highest BCUT2D eigenvalue weighted by Gasteiger charge is 2.30. The number of halogens is 1. The molecular formula is C16H23ClN2O5S. The summed E-state index contributed by atoms with van der Waals surface area (Å²) in [5, 5.41) is 11.7. The van der Waals surface area contributed by atoms with Crippen LogP contribution >= 0.6 is 12.4 Å². The van der Waals surface area contributed by atoms with E-state index in [1.807, 2.05) is 4.90 Å². The van der Waals surface area contributed by atoms with E-state index in [1.165, 1.54) is 19.1 Å². The summed E-state index contributed by atoms with van der Waals surface area (Å²) in [5.41, 5.74) is 0.544. The van der Waals surface area contributed by atoms with E-state index in [4.69, 9.17) is 5.11 Å². The lowest BCUT2D eigenvalue weighted by Gasteiger charge is -2.20. The average molecular weight is 391 g/mol. The van der Waals surface area contributed by atoms with Gasteiger partial charge in [-0.15, -0.1) is 12.4 Å². The fourth-order valence-electron chi connectivity index (χ4n) is 2.90. The summed E-state index contributed by atoms with van der Waals surface area (Å²) < 4.78 is 24.7. The van der Waals surface area contributed by atoms with Crippen LogP contribution in [0, 0.1) is 0 Å². The van der Waals surface area contributed by atoms with Crippen molar-refractivity contribution >= 4 is 39.8 Å². The second kappa shape index (κ2) is 9.17. The number of anilines is 1. The van der Waals surface area contributed by atoms with Crippen molar-refractivity contribution in [1.29, 1.82) is 0 Å². The van der Waals surface area contributed by atoms with Crippen molar-refractivity contribution in [2.45, 2.75) is 37.1 Å². The number of aliphatic carboxylic acids is 1. The van der Waals surface area contributed by atoms with Crippen molar-refractivity contribution in [3.05, 3.63) is 24.3 Å². The molecule has 9 heteroatoms. The van der Waals surface area contributed by atoms with Gasteiger partial charge in [0.05, 0.1) is 10.6 Å². The van der Waals surface area contributed by atoms with Crippen molar-refractivity contribution in [1.82, 2.24) is 4.90 Å². The van der Waals surface area contributed by atoms with Crippen LogP contribution in [0.4, 0.5) is 5.69 Å². The van der Waals surface area contributed by atoms with Crippen molar-refractivity contribution in [2.75, 3.05) is 24.2 Å². The van der Waals surface area contributed by atoms with Crippen molar-refractivity contribution < 1.29 is 23.1 Å². The molecular weight excluding hydrogens is 368 g/mol. The van der Waals surface area contributed by atoms with E-state index < -0.39 is 21.8 Å². The lowest BCUT2D eigenvalue weighted by Crippen LogP contribution is -2.37. The highest BCUT2D eigenvalue weighted by molar-refractivity contribution is 7.91. The molecule has 0 spiro atoms. The summed E-state index contributed by atoms with van der Waals surface area (Å²) in [6.45, 7) is 2.54. The Labute approximate surface area is 153 Å². The summed E-state index contributed by atoms with van der Waals surface area (Å²) in [4.78, 5) is 24.1. The Bertz CT molecular complexity index is 706. The average Bonchev–Trinajstić information content (AvgIpc) is 2.95. The normalized spacial score (nSPS) is 17.7. The first kappa shape index (κ1) is 21.4. The van der Waals surface area contributed by atoms with Crippen LogP contribution in [0.3, 0.4) is 0 Å². The zero-order chi connectivity index (χ0) is 17.7. The molecule has 1 heterocycles.